The smallest absolute Gasteiger partial charge is 0.333 e. The molecule has 0 saturated carbocycles. The van der Waals surface area contributed by atoms with Crippen molar-refractivity contribution in [1.82, 2.24) is 9.21 Å². The Kier molecular flexibility index (Phi) is 5.37. The number of alkyl halides is 3. The molecule has 0 N–H and O–H groups in total. The summed E-state index contributed by atoms with van der Waals surface area (Å²) in [5.74, 6) is -3.10. The molecular formula is C11H18F3N3O3S. The molecule has 6 nitrogen and oxygen atoms in total. The fourth-order valence-corrected chi connectivity index (χ4v) is 2.48. The number of piperidine rings is 1. The van der Waals surface area contributed by atoms with Crippen LogP contribution in [0, 0.1) is 5.92 Å². The molecule has 0 aromatic rings. The third-order valence-electron chi connectivity index (χ3n) is 3.14. The minimum atomic E-state index is -4.51. The summed E-state index contributed by atoms with van der Waals surface area (Å²) in [6.07, 6.45) is -2.88. The van der Waals surface area contributed by atoms with Crippen LogP contribution in [0.2, 0.25) is 0 Å². The van der Waals surface area contributed by atoms with Crippen molar-refractivity contribution in [3.05, 3.63) is 0 Å². The van der Waals surface area contributed by atoms with Gasteiger partial charge in [0.2, 0.25) is 5.91 Å². The zero-order valence-electron chi connectivity index (χ0n) is 12.0. The maximum atomic E-state index is 12.4. The van der Waals surface area contributed by atoms with Crippen molar-refractivity contribution in [3.8, 4) is 0 Å². The number of nitrogens with zero attached hydrogens (tertiary/aromatic N) is 3. The van der Waals surface area contributed by atoms with Crippen LogP contribution in [0.1, 0.15) is 12.8 Å². The molecule has 21 heavy (non-hydrogen) atoms. The molecule has 1 saturated heterocycles. The molecule has 1 heterocycles. The monoisotopic (exact) mass is 329 g/mol. The van der Waals surface area contributed by atoms with Gasteiger partial charge >= 0.3 is 6.18 Å². The molecule has 1 fully saturated rings. The van der Waals surface area contributed by atoms with Crippen LogP contribution in [0.4, 0.5) is 13.2 Å². The van der Waals surface area contributed by atoms with Gasteiger partial charge in [0.25, 0.3) is 5.91 Å². The SMILES string of the molecule is CN(C)S(C)(=O)=NC(=O)C1CCCN(CC(F)(F)F)C1=O. The first-order valence-electron chi connectivity index (χ1n) is 6.23. The molecular weight excluding hydrogens is 311 g/mol. The van der Waals surface area contributed by atoms with E-state index in [2.05, 4.69) is 4.36 Å². The lowest BCUT2D eigenvalue weighted by molar-refractivity contribution is -0.168. The van der Waals surface area contributed by atoms with Crippen molar-refractivity contribution >= 4 is 21.7 Å². The zero-order valence-corrected chi connectivity index (χ0v) is 12.8. The Morgan fingerprint density at radius 1 is 1.48 bits per heavy atom. The predicted octanol–water partition coefficient (Wildman–Crippen LogP) is 0.888. The van der Waals surface area contributed by atoms with Crippen LogP contribution in [-0.4, -0.2) is 64.8 Å². The number of hydrogen-bond acceptors (Lipinski definition) is 3. The Morgan fingerprint density at radius 3 is 2.52 bits per heavy atom. The third-order valence-corrected chi connectivity index (χ3v) is 5.01. The van der Waals surface area contributed by atoms with E-state index in [4.69, 9.17) is 0 Å². The molecule has 2 unspecified atom stereocenters. The highest BCUT2D eigenvalue weighted by Gasteiger charge is 2.40. The summed E-state index contributed by atoms with van der Waals surface area (Å²) >= 11 is 0. The van der Waals surface area contributed by atoms with Crippen molar-refractivity contribution in [3.63, 3.8) is 0 Å². The van der Waals surface area contributed by atoms with Crippen molar-refractivity contribution < 1.29 is 27.0 Å². The molecule has 0 aliphatic carbocycles. The molecule has 0 aromatic heterocycles. The van der Waals surface area contributed by atoms with Gasteiger partial charge in [-0.15, -0.1) is 4.36 Å². The Balaban J connectivity index is 2.91. The molecule has 0 radical (unpaired) electrons. The average molecular weight is 329 g/mol. The highest BCUT2D eigenvalue weighted by Crippen LogP contribution is 2.24. The summed E-state index contributed by atoms with van der Waals surface area (Å²) in [6.45, 7) is -1.43. The number of rotatable bonds is 3. The van der Waals surface area contributed by atoms with Crippen molar-refractivity contribution in [1.29, 1.82) is 0 Å². The highest BCUT2D eigenvalue weighted by molar-refractivity contribution is 7.90. The Morgan fingerprint density at radius 2 is 2.05 bits per heavy atom. The van der Waals surface area contributed by atoms with Crippen LogP contribution in [0.5, 0.6) is 0 Å². The second kappa shape index (κ2) is 6.30. The number of amides is 2. The number of halogens is 3. The third kappa shape index (κ3) is 4.95. The van der Waals surface area contributed by atoms with E-state index in [0.717, 1.165) is 0 Å². The van der Waals surface area contributed by atoms with E-state index in [0.29, 0.717) is 4.90 Å². The summed E-state index contributed by atoms with van der Waals surface area (Å²) in [7, 11) is -0.0447. The van der Waals surface area contributed by atoms with Crippen LogP contribution < -0.4 is 0 Å². The van der Waals surface area contributed by atoms with Crippen LogP contribution in [-0.2, 0) is 19.5 Å². The van der Waals surface area contributed by atoms with Crippen molar-refractivity contribution in [2.45, 2.75) is 19.0 Å². The van der Waals surface area contributed by atoms with E-state index in [1.807, 2.05) is 0 Å². The van der Waals surface area contributed by atoms with Gasteiger partial charge in [-0.25, -0.2) is 8.51 Å². The number of carbonyl (C=O) groups is 2. The van der Waals surface area contributed by atoms with Gasteiger partial charge in [-0.05, 0) is 12.8 Å². The standard InChI is InChI=1S/C11H18F3N3O3S/c1-16(2)21(3,20)15-9(18)8-5-4-6-17(10(8)19)7-11(12,13)14/h8H,4-7H2,1-3H3. The first-order valence-corrected chi connectivity index (χ1v) is 8.11. The molecule has 0 aromatic carbocycles. The van der Waals surface area contributed by atoms with Gasteiger partial charge in [0, 0.05) is 26.9 Å². The van der Waals surface area contributed by atoms with Gasteiger partial charge in [0.15, 0.2) is 0 Å². The average Bonchev–Trinajstić information content (AvgIpc) is 2.29. The maximum absolute atomic E-state index is 12.4. The molecule has 2 atom stereocenters. The van der Waals surface area contributed by atoms with E-state index in [9.17, 15) is 27.0 Å². The Labute approximate surface area is 121 Å². The highest BCUT2D eigenvalue weighted by atomic mass is 32.2. The summed E-state index contributed by atoms with van der Waals surface area (Å²) in [4.78, 5) is 24.5. The summed E-state index contributed by atoms with van der Waals surface area (Å²) in [6, 6.07) is 0. The normalized spacial score (nSPS) is 23.1. The molecule has 1 rings (SSSR count). The minimum absolute atomic E-state index is 0.0443. The zero-order chi connectivity index (χ0) is 16.4. The molecule has 0 spiro atoms. The first-order chi connectivity index (χ1) is 9.44. The fourth-order valence-electron chi connectivity index (χ4n) is 1.86. The quantitative estimate of drug-likeness (QED) is 0.722. The summed E-state index contributed by atoms with van der Waals surface area (Å²) in [5.41, 5.74) is 0. The molecule has 0 bridgehead atoms. The van der Waals surface area contributed by atoms with Crippen LogP contribution in [0.3, 0.4) is 0 Å². The Bertz CT molecular complexity index is 539. The van der Waals surface area contributed by atoms with E-state index in [1.54, 1.807) is 0 Å². The van der Waals surface area contributed by atoms with Crippen molar-refractivity contribution in [2.24, 2.45) is 10.3 Å². The first kappa shape index (κ1) is 17.9. The van der Waals surface area contributed by atoms with E-state index >= 15 is 0 Å². The van der Waals surface area contributed by atoms with Gasteiger partial charge < -0.3 is 4.90 Å². The van der Waals surface area contributed by atoms with Gasteiger partial charge in [-0.2, -0.15) is 13.2 Å². The van der Waals surface area contributed by atoms with Gasteiger partial charge in [0.05, 0.1) is 0 Å². The predicted molar refractivity (Wildman–Crippen MR) is 70.5 cm³/mol. The largest absolute Gasteiger partial charge is 0.406 e. The van der Waals surface area contributed by atoms with Crippen LogP contribution in [0.15, 0.2) is 4.36 Å². The Hall–Kier alpha value is -1.16. The minimum Gasteiger partial charge on any atom is -0.333 e. The molecule has 1 aliphatic rings. The molecule has 1 aliphatic heterocycles. The van der Waals surface area contributed by atoms with E-state index in [1.165, 1.54) is 24.7 Å². The van der Waals surface area contributed by atoms with Crippen molar-refractivity contribution in [2.75, 3.05) is 33.4 Å². The van der Waals surface area contributed by atoms with Crippen LogP contribution in [0.25, 0.3) is 0 Å². The fraction of sp³-hybridized carbons (Fsp3) is 0.818. The number of hydrogen-bond donors (Lipinski definition) is 0. The molecule has 10 heteroatoms. The van der Waals surface area contributed by atoms with Gasteiger partial charge in [-0.3, -0.25) is 9.59 Å². The summed E-state index contributed by atoms with van der Waals surface area (Å²) < 4.78 is 53.8. The topological polar surface area (TPSA) is 70.1 Å². The second-order valence-electron chi connectivity index (χ2n) is 5.07. The van der Waals surface area contributed by atoms with E-state index in [-0.39, 0.29) is 19.4 Å². The second-order valence-corrected chi connectivity index (χ2v) is 7.51. The lowest BCUT2D eigenvalue weighted by Crippen LogP contribution is -2.47. The lowest BCUT2D eigenvalue weighted by Gasteiger charge is -2.31. The van der Waals surface area contributed by atoms with Gasteiger partial charge in [0.1, 0.15) is 22.4 Å². The molecule has 122 valence electrons. The number of likely N-dealkylation sites (tertiary alicyclic amines) is 1. The van der Waals surface area contributed by atoms with Gasteiger partial charge in [-0.1, -0.05) is 0 Å². The van der Waals surface area contributed by atoms with Crippen LogP contribution >= 0.6 is 0 Å². The maximum Gasteiger partial charge on any atom is 0.406 e. The number of carbonyl (C=O) groups excluding carboxylic acids is 2. The lowest BCUT2D eigenvalue weighted by atomic mass is 9.96. The molecule has 2 amide bonds. The summed E-state index contributed by atoms with van der Waals surface area (Å²) in [5, 5.41) is 0. The van der Waals surface area contributed by atoms with E-state index < -0.39 is 40.4 Å².